The minimum atomic E-state index is -4.07. The maximum atomic E-state index is 12.5. The molecule has 31 heavy (non-hydrogen) atoms. The van der Waals surface area contributed by atoms with Gasteiger partial charge in [-0.15, -0.1) is 0 Å². The molecular formula is C21H16Cl2N2O5S. The molecule has 10 heteroatoms. The lowest BCUT2D eigenvalue weighted by Crippen LogP contribution is -2.24. The third-order valence-corrected chi connectivity index (χ3v) is 5.55. The number of nitrogens with one attached hydrogen (secondary N) is 1. The Morgan fingerprint density at radius 1 is 0.935 bits per heavy atom. The fourth-order valence-corrected chi connectivity index (χ4v) is 3.52. The highest BCUT2D eigenvalue weighted by atomic mass is 35.5. The number of halogens is 2. The van der Waals surface area contributed by atoms with Crippen molar-refractivity contribution in [2.75, 3.05) is 6.61 Å². The van der Waals surface area contributed by atoms with E-state index in [-0.39, 0.29) is 17.3 Å². The number of benzene rings is 3. The molecule has 1 N–H and O–H groups in total. The minimum absolute atomic E-state index is 0.0451. The molecule has 7 nitrogen and oxygen atoms in total. The Morgan fingerprint density at radius 2 is 1.55 bits per heavy atom. The van der Waals surface area contributed by atoms with Crippen molar-refractivity contribution in [2.24, 2.45) is 5.10 Å². The van der Waals surface area contributed by atoms with Crippen molar-refractivity contribution in [2.45, 2.75) is 4.90 Å². The van der Waals surface area contributed by atoms with Gasteiger partial charge in [-0.05, 0) is 60.7 Å². The molecule has 3 rings (SSSR count). The van der Waals surface area contributed by atoms with E-state index in [1.807, 2.05) is 0 Å². The lowest BCUT2D eigenvalue weighted by Gasteiger charge is -2.09. The monoisotopic (exact) mass is 478 g/mol. The zero-order valence-electron chi connectivity index (χ0n) is 15.9. The van der Waals surface area contributed by atoms with Crippen LogP contribution in [0.25, 0.3) is 0 Å². The summed E-state index contributed by atoms with van der Waals surface area (Å²) in [6.45, 7) is -0.262. The van der Waals surface area contributed by atoms with Gasteiger partial charge in [-0.25, -0.2) is 5.43 Å². The van der Waals surface area contributed by atoms with Crippen molar-refractivity contribution in [1.82, 2.24) is 5.43 Å². The largest absolute Gasteiger partial charge is 0.484 e. The predicted octanol–water partition coefficient (Wildman–Crippen LogP) is 4.29. The van der Waals surface area contributed by atoms with E-state index in [1.165, 1.54) is 36.5 Å². The van der Waals surface area contributed by atoms with E-state index < -0.39 is 16.0 Å². The topological polar surface area (TPSA) is 94.1 Å². The van der Waals surface area contributed by atoms with Crippen molar-refractivity contribution in [1.29, 1.82) is 0 Å². The van der Waals surface area contributed by atoms with E-state index in [0.29, 0.717) is 21.4 Å². The molecule has 0 saturated carbocycles. The quantitative estimate of drug-likeness (QED) is 0.296. The van der Waals surface area contributed by atoms with Crippen LogP contribution in [0.3, 0.4) is 0 Å². The normalized spacial score (nSPS) is 11.3. The molecule has 0 spiro atoms. The number of para-hydroxylation sites is 1. The zero-order valence-corrected chi connectivity index (χ0v) is 18.2. The smallest absolute Gasteiger partial charge is 0.339 e. The lowest BCUT2D eigenvalue weighted by atomic mass is 10.2. The van der Waals surface area contributed by atoms with Crippen molar-refractivity contribution < 1.29 is 22.1 Å². The molecule has 0 saturated heterocycles. The third kappa shape index (κ3) is 6.71. The molecule has 1 amide bonds. The van der Waals surface area contributed by atoms with E-state index in [0.717, 1.165) is 0 Å². The van der Waals surface area contributed by atoms with Gasteiger partial charge in [0.1, 0.15) is 10.6 Å². The first-order valence-corrected chi connectivity index (χ1v) is 11.0. The summed E-state index contributed by atoms with van der Waals surface area (Å²) in [5, 5.41) is 4.79. The molecule has 3 aromatic carbocycles. The number of hydrazone groups is 1. The number of carbonyl (C=O) groups is 1. The fraction of sp³-hybridized carbons (Fsp3) is 0.0476. The number of nitrogens with zero attached hydrogens (tertiary/aromatic N) is 1. The van der Waals surface area contributed by atoms with Crippen LogP contribution in [0.4, 0.5) is 0 Å². The van der Waals surface area contributed by atoms with Gasteiger partial charge < -0.3 is 8.92 Å². The molecule has 0 heterocycles. The summed E-state index contributed by atoms with van der Waals surface area (Å²) in [4.78, 5) is 11.8. The molecule has 3 aromatic rings. The summed E-state index contributed by atoms with van der Waals surface area (Å²) < 4.78 is 35.5. The highest BCUT2D eigenvalue weighted by Gasteiger charge is 2.18. The molecule has 0 aliphatic rings. The number of hydrogen-bond acceptors (Lipinski definition) is 6. The average molecular weight is 479 g/mol. The summed E-state index contributed by atoms with van der Waals surface area (Å²) >= 11 is 11.6. The second-order valence-corrected chi connectivity index (χ2v) is 8.48. The van der Waals surface area contributed by atoms with Crippen molar-refractivity contribution >= 4 is 45.4 Å². The number of hydrogen-bond donors (Lipinski definition) is 1. The Morgan fingerprint density at radius 3 is 2.23 bits per heavy atom. The SMILES string of the molecule is O=C(COc1ccc(Cl)cc1)NN=Cc1ccccc1OS(=O)(=O)c1ccc(Cl)cc1. The van der Waals surface area contributed by atoms with Crippen LogP contribution in [0, 0.1) is 0 Å². The van der Waals surface area contributed by atoms with E-state index in [4.69, 9.17) is 32.1 Å². The van der Waals surface area contributed by atoms with Gasteiger partial charge in [0.05, 0.1) is 6.21 Å². The summed E-state index contributed by atoms with van der Waals surface area (Å²) in [7, 11) is -4.07. The van der Waals surface area contributed by atoms with Gasteiger partial charge in [-0.2, -0.15) is 13.5 Å². The predicted molar refractivity (Wildman–Crippen MR) is 118 cm³/mol. The van der Waals surface area contributed by atoms with Gasteiger partial charge in [-0.1, -0.05) is 35.3 Å². The first-order valence-electron chi connectivity index (χ1n) is 8.83. The lowest BCUT2D eigenvalue weighted by molar-refractivity contribution is -0.123. The second-order valence-electron chi connectivity index (χ2n) is 6.06. The van der Waals surface area contributed by atoms with Crippen molar-refractivity contribution in [3.05, 3.63) is 88.4 Å². The molecule has 0 fully saturated rings. The van der Waals surface area contributed by atoms with Gasteiger partial charge in [0.15, 0.2) is 12.4 Å². The van der Waals surface area contributed by atoms with Gasteiger partial charge >= 0.3 is 10.1 Å². The van der Waals surface area contributed by atoms with Crippen molar-refractivity contribution in [3.63, 3.8) is 0 Å². The summed E-state index contributed by atoms with van der Waals surface area (Å²) in [6.07, 6.45) is 1.27. The highest BCUT2D eigenvalue weighted by molar-refractivity contribution is 7.87. The molecule has 0 radical (unpaired) electrons. The second kappa shape index (κ2) is 10.3. The fourth-order valence-electron chi connectivity index (χ4n) is 2.32. The van der Waals surface area contributed by atoms with Crippen LogP contribution in [0.5, 0.6) is 11.5 Å². The number of ether oxygens (including phenoxy) is 1. The van der Waals surface area contributed by atoms with Crippen molar-refractivity contribution in [3.8, 4) is 11.5 Å². The Hall–Kier alpha value is -3.07. The summed E-state index contributed by atoms with van der Waals surface area (Å²) in [5.41, 5.74) is 2.65. The van der Waals surface area contributed by atoms with Crippen LogP contribution in [0.2, 0.25) is 10.0 Å². The first-order chi connectivity index (χ1) is 14.8. The van der Waals surface area contributed by atoms with E-state index in [1.54, 1.807) is 42.5 Å². The number of rotatable bonds is 8. The molecule has 0 atom stereocenters. The summed E-state index contributed by atoms with van der Waals surface area (Å²) in [6, 6.07) is 18.5. The maximum absolute atomic E-state index is 12.5. The van der Waals surface area contributed by atoms with Crippen LogP contribution in [-0.4, -0.2) is 27.1 Å². The number of amides is 1. The van der Waals surface area contributed by atoms with Gasteiger partial charge in [0, 0.05) is 15.6 Å². The molecule has 0 aliphatic carbocycles. The maximum Gasteiger partial charge on any atom is 0.339 e. The average Bonchev–Trinajstić information content (AvgIpc) is 2.75. The first kappa shape index (κ1) is 22.6. The zero-order chi connectivity index (χ0) is 22.3. The van der Waals surface area contributed by atoms with Crippen LogP contribution in [0.15, 0.2) is 82.8 Å². The van der Waals surface area contributed by atoms with E-state index in [2.05, 4.69) is 10.5 Å². The van der Waals surface area contributed by atoms with E-state index >= 15 is 0 Å². The Kier molecular flexibility index (Phi) is 7.51. The van der Waals surface area contributed by atoms with Crippen LogP contribution in [0.1, 0.15) is 5.56 Å². The van der Waals surface area contributed by atoms with Crippen LogP contribution < -0.4 is 14.3 Å². The molecule has 0 bridgehead atoms. The Balaban J connectivity index is 1.62. The van der Waals surface area contributed by atoms with Gasteiger partial charge in [-0.3, -0.25) is 4.79 Å². The highest BCUT2D eigenvalue weighted by Crippen LogP contribution is 2.23. The third-order valence-electron chi connectivity index (χ3n) is 3.80. The Labute approximate surface area is 189 Å². The Bertz CT molecular complexity index is 1180. The molecule has 0 unspecified atom stereocenters. The summed E-state index contributed by atoms with van der Waals surface area (Å²) in [5.74, 6) is 0.0286. The van der Waals surface area contributed by atoms with Gasteiger partial charge in [0.2, 0.25) is 0 Å². The standard InChI is InChI=1S/C21H16Cl2N2O5S/c22-16-5-9-18(10-6-16)29-14-21(26)25-24-13-15-3-1-2-4-20(15)30-31(27,28)19-11-7-17(23)8-12-19/h1-13H,14H2,(H,25,26). The molecule has 160 valence electrons. The number of carbonyl (C=O) groups excluding carboxylic acids is 1. The van der Waals surface area contributed by atoms with Crippen LogP contribution in [-0.2, 0) is 14.9 Å². The molecule has 0 aliphatic heterocycles. The van der Waals surface area contributed by atoms with Gasteiger partial charge in [0.25, 0.3) is 5.91 Å². The molecular weight excluding hydrogens is 463 g/mol. The minimum Gasteiger partial charge on any atom is -0.484 e. The van der Waals surface area contributed by atoms with E-state index in [9.17, 15) is 13.2 Å². The van der Waals surface area contributed by atoms with Crippen LogP contribution >= 0.6 is 23.2 Å². The molecule has 0 aromatic heterocycles.